The van der Waals surface area contributed by atoms with Gasteiger partial charge in [0.1, 0.15) is 12.3 Å². The first kappa shape index (κ1) is 19.1. The van der Waals surface area contributed by atoms with Crippen molar-refractivity contribution in [2.24, 2.45) is 16.6 Å². The van der Waals surface area contributed by atoms with Crippen molar-refractivity contribution in [2.45, 2.75) is 51.4 Å². The molecule has 0 saturated heterocycles. The van der Waals surface area contributed by atoms with Crippen LogP contribution in [-0.4, -0.2) is 30.6 Å². The number of rotatable bonds is 5. The van der Waals surface area contributed by atoms with Crippen LogP contribution in [0.4, 0.5) is 13.2 Å². The number of carbonyl (C=O) groups excluding carboxylic acids is 1. The molecule has 0 aliphatic heterocycles. The summed E-state index contributed by atoms with van der Waals surface area (Å²) < 4.78 is 44.0. The molecule has 1 aromatic heterocycles. The molecule has 0 bridgehead atoms. The highest BCUT2D eigenvalue weighted by Crippen LogP contribution is 2.37. The second-order valence-electron chi connectivity index (χ2n) is 6.07. The first-order chi connectivity index (χ1) is 11.8. The van der Waals surface area contributed by atoms with E-state index in [2.05, 4.69) is 15.6 Å². The number of aliphatic imine (C=N–C) groups is 1. The summed E-state index contributed by atoms with van der Waals surface area (Å²) in [5.41, 5.74) is 5.12. The molecule has 140 valence electrons. The molecule has 4 N–H and O–H groups in total. The number of nitrogens with zero attached hydrogens (tertiary/aromatic N) is 1. The molecule has 1 aliphatic carbocycles. The highest BCUT2D eigenvalue weighted by Gasteiger charge is 2.42. The number of furan rings is 1. The van der Waals surface area contributed by atoms with E-state index in [1.54, 1.807) is 6.07 Å². The second-order valence-corrected chi connectivity index (χ2v) is 6.07. The van der Waals surface area contributed by atoms with Gasteiger partial charge in [0.2, 0.25) is 0 Å². The van der Waals surface area contributed by atoms with Gasteiger partial charge in [0, 0.05) is 12.6 Å². The van der Waals surface area contributed by atoms with Crippen LogP contribution in [-0.2, 0) is 6.54 Å². The summed E-state index contributed by atoms with van der Waals surface area (Å²) in [7, 11) is 0. The topological polar surface area (TPSA) is 92.6 Å². The predicted molar refractivity (Wildman–Crippen MR) is 87.0 cm³/mol. The van der Waals surface area contributed by atoms with Gasteiger partial charge in [0.25, 0.3) is 5.91 Å². The predicted octanol–water partition coefficient (Wildman–Crippen LogP) is 2.55. The zero-order valence-corrected chi connectivity index (χ0v) is 14.0. The van der Waals surface area contributed by atoms with Crippen LogP contribution >= 0.6 is 0 Å². The zero-order chi connectivity index (χ0) is 18.4. The Morgan fingerprint density at radius 2 is 2.16 bits per heavy atom. The molecule has 1 aromatic rings. The third kappa shape index (κ3) is 5.68. The third-order valence-electron chi connectivity index (χ3n) is 4.12. The minimum Gasteiger partial charge on any atom is -0.454 e. The molecule has 2 atom stereocenters. The average Bonchev–Trinajstić information content (AvgIpc) is 3.01. The van der Waals surface area contributed by atoms with E-state index in [-0.39, 0.29) is 31.2 Å². The van der Waals surface area contributed by atoms with E-state index in [0.29, 0.717) is 31.1 Å². The summed E-state index contributed by atoms with van der Waals surface area (Å²) in [6, 6.07) is 2.77. The fourth-order valence-corrected chi connectivity index (χ4v) is 2.88. The molecule has 2 unspecified atom stereocenters. The van der Waals surface area contributed by atoms with Crippen molar-refractivity contribution in [1.82, 2.24) is 10.6 Å². The van der Waals surface area contributed by atoms with E-state index >= 15 is 0 Å². The molecule has 1 heterocycles. The maximum Gasteiger partial charge on any atom is 0.391 e. The van der Waals surface area contributed by atoms with E-state index < -0.39 is 18.0 Å². The van der Waals surface area contributed by atoms with Crippen molar-refractivity contribution in [1.29, 1.82) is 0 Å². The summed E-state index contributed by atoms with van der Waals surface area (Å²) in [4.78, 5) is 15.3. The van der Waals surface area contributed by atoms with Gasteiger partial charge in [-0.3, -0.25) is 4.79 Å². The van der Waals surface area contributed by atoms with Crippen LogP contribution in [0.15, 0.2) is 21.5 Å². The van der Waals surface area contributed by atoms with Gasteiger partial charge in [-0.05, 0) is 38.3 Å². The first-order valence-electron chi connectivity index (χ1n) is 8.29. The Balaban J connectivity index is 1.98. The molecule has 2 rings (SSSR count). The van der Waals surface area contributed by atoms with Crippen molar-refractivity contribution >= 4 is 11.9 Å². The number of nitrogens with one attached hydrogen (secondary N) is 2. The summed E-state index contributed by atoms with van der Waals surface area (Å²) in [5.74, 6) is -1.02. The van der Waals surface area contributed by atoms with Gasteiger partial charge in [-0.15, -0.1) is 0 Å². The highest BCUT2D eigenvalue weighted by atomic mass is 19.4. The van der Waals surface area contributed by atoms with Crippen molar-refractivity contribution in [2.75, 3.05) is 6.54 Å². The molecule has 9 heteroatoms. The molecule has 1 aliphatic rings. The Bertz CT molecular complexity index is 613. The van der Waals surface area contributed by atoms with E-state index in [0.717, 1.165) is 0 Å². The van der Waals surface area contributed by atoms with E-state index in [1.807, 2.05) is 6.92 Å². The van der Waals surface area contributed by atoms with Gasteiger partial charge in [0.05, 0.1) is 5.92 Å². The maximum absolute atomic E-state index is 12.9. The number of alkyl halides is 3. The fraction of sp³-hybridized carbons (Fsp3) is 0.625. The number of nitrogens with two attached hydrogens (primary N) is 1. The summed E-state index contributed by atoms with van der Waals surface area (Å²) in [6.45, 7) is 2.60. The van der Waals surface area contributed by atoms with Crippen LogP contribution in [0.5, 0.6) is 0 Å². The Hall–Kier alpha value is -2.19. The van der Waals surface area contributed by atoms with E-state index in [9.17, 15) is 18.0 Å². The molecule has 0 spiro atoms. The number of hydrogen-bond acceptors (Lipinski definition) is 3. The van der Waals surface area contributed by atoms with Crippen LogP contribution in [0.25, 0.3) is 0 Å². The Morgan fingerprint density at radius 1 is 1.40 bits per heavy atom. The van der Waals surface area contributed by atoms with Gasteiger partial charge in [0.15, 0.2) is 11.7 Å². The van der Waals surface area contributed by atoms with Crippen LogP contribution < -0.4 is 16.4 Å². The minimum atomic E-state index is -4.16. The smallest absolute Gasteiger partial charge is 0.391 e. The van der Waals surface area contributed by atoms with Crippen LogP contribution in [0.3, 0.4) is 0 Å². The molecule has 6 nitrogen and oxygen atoms in total. The van der Waals surface area contributed by atoms with Crippen molar-refractivity contribution < 1.29 is 22.4 Å². The SMILES string of the molecule is CCNC(=NCc1ccc(C(N)=O)o1)NC1CCCC(C(F)(F)F)C1. The largest absolute Gasteiger partial charge is 0.454 e. The van der Waals surface area contributed by atoms with E-state index in [1.165, 1.54) is 6.07 Å². The number of halogens is 3. The standard InChI is InChI=1S/C16H23F3N4O2/c1-2-21-15(22-9-12-6-7-13(25-12)14(20)24)23-11-5-3-4-10(8-11)16(17,18)19/h6-7,10-11H,2-5,8-9H2,1H3,(H2,20,24)(H2,21,22,23). The first-order valence-corrected chi connectivity index (χ1v) is 8.29. The lowest BCUT2D eigenvalue weighted by Crippen LogP contribution is -2.46. The third-order valence-corrected chi connectivity index (χ3v) is 4.12. The molecule has 1 amide bonds. The molecule has 0 radical (unpaired) electrons. The van der Waals surface area contributed by atoms with Gasteiger partial charge >= 0.3 is 6.18 Å². The summed E-state index contributed by atoms with van der Waals surface area (Å²) in [5, 5.41) is 6.07. The van der Waals surface area contributed by atoms with Crippen LogP contribution in [0, 0.1) is 5.92 Å². The van der Waals surface area contributed by atoms with Gasteiger partial charge in [-0.25, -0.2) is 4.99 Å². The number of primary amides is 1. The minimum absolute atomic E-state index is 0.0422. The van der Waals surface area contributed by atoms with Crippen molar-refractivity contribution in [3.63, 3.8) is 0 Å². The van der Waals surface area contributed by atoms with Crippen LogP contribution in [0.2, 0.25) is 0 Å². The van der Waals surface area contributed by atoms with Gasteiger partial charge < -0.3 is 20.8 Å². The quantitative estimate of drug-likeness (QED) is 0.556. The zero-order valence-electron chi connectivity index (χ0n) is 14.0. The molecule has 1 fully saturated rings. The Labute approximate surface area is 144 Å². The monoisotopic (exact) mass is 360 g/mol. The highest BCUT2D eigenvalue weighted by molar-refractivity contribution is 5.89. The second kappa shape index (κ2) is 8.26. The lowest BCUT2D eigenvalue weighted by atomic mass is 9.85. The number of carbonyl (C=O) groups is 1. The summed E-state index contributed by atoms with van der Waals surface area (Å²) in [6.07, 6.45) is -2.74. The van der Waals surface area contributed by atoms with Crippen molar-refractivity contribution in [3.8, 4) is 0 Å². The average molecular weight is 360 g/mol. The van der Waals surface area contributed by atoms with Crippen LogP contribution in [0.1, 0.15) is 48.9 Å². The van der Waals surface area contributed by atoms with Crippen molar-refractivity contribution in [3.05, 3.63) is 23.7 Å². The lowest BCUT2D eigenvalue weighted by Gasteiger charge is -2.31. The Morgan fingerprint density at radius 3 is 2.76 bits per heavy atom. The molecule has 25 heavy (non-hydrogen) atoms. The maximum atomic E-state index is 12.9. The van der Waals surface area contributed by atoms with Gasteiger partial charge in [-0.2, -0.15) is 13.2 Å². The summed E-state index contributed by atoms with van der Waals surface area (Å²) >= 11 is 0. The fourth-order valence-electron chi connectivity index (χ4n) is 2.88. The van der Waals surface area contributed by atoms with E-state index in [4.69, 9.17) is 10.2 Å². The lowest BCUT2D eigenvalue weighted by molar-refractivity contribution is -0.183. The molecule has 0 aromatic carbocycles. The molecular weight excluding hydrogens is 337 g/mol. The molecule has 1 saturated carbocycles. The Kier molecular flexibility index (Phi) is 6.33. The molecular formula is C16H23F3N4O2. The normalized spacial score (nSPS) is 21.8. The van der Waals surface area contributed by atoms with Gasteiger partial charge in [-0.1, -0.05) is 6.42 Å². The number of hydrogen-bond donors (Lipinski definition) is 3. The number of guanidine groups is 1. The number of amides is 1.